The number of nitrogens with one attached hydrogen (secondary N) is 3. The number of aliphatic hydroxyl groups is 1. The molecule has 2 aromatic rings. The first-order chi connectivity index (χ1) is 39.4. The number of methoxy groups -OCH3 is 2. The number of nitrogens with zero attached hydrogens (tertiary/aromatic N) is 4. The molecule has 4 aliphatic rings. The Bertz CT molecular complexity index is 2450. The Balaban J connectivity index is 1.05. The lowest BCUT2D eigenvalue weighted by atomic mass is 9.85. The summed E-state index contributed by atoms with van der Waals surface area (Å²) >= 11 is 0. The Hall–Kier alpha value is -5.82. The highest BCUT2D eigenvalue weighted by molar-refractivity contribution is 6.12. The molecule has 0 unspecified atom stereocenters. The van der Waals surface area contributed by atoms with E-state index < -0.39 is 42.2 Å². The van der Waals surface area contributed by atoms with Crippen LogP contribution < -0.4 is 16.0 Å². The minimum Gasteiger partial charge on any atom is -0.396 e. The smallest absolute Gasteiger partial charge is 0.253 e. The summed E-state index contributed by atoms with van der Waals surface area (Å²) in [4.78, 5) is 116. The summed E-state index contributed by atoms with van der Waals surface area (Å²) in [5.74, 6) is -3.11. The summed E-state index contributed by atoms with van der Waals surface area (Å²) < 4.78 is 12.3. The molecule has 2 bridgehead atoms. The molecule has 82 heavy (non-hydrogen) atoms. The van der Waals surface area contributed by atoms with E-state index in [2.05, 4.69) is 27.8 Å². The van der Waals surface area contributed by atoms with Crippen molar-refractivity contribution in [1.82, 2.24) is 30.2 Å². The first-order valence-corrected chi connectivity index (χ1v) is 30.5. The summed E-state index contributed by atoms with van der Waals surface area (Å²) in [6.45, 7) is 11.9. The van der Waals surface area contributed by atoms with Gasteiger partial charge in [-0.3, -0.25) is 48.2 Å². The number of anilines is 1. The molecule has 1 saturated carbocycles. The Morgan fingerprint density at radius 2 is 1.48 bits per heavy atom. The molecule has 2 saturated heterocycles. The average molecular weight is 1140 g/mol. The molecule has 2 aromatic carbocycles. The van der Waals surface area contributed by atoms with Crippen molar-refractivity contribution < 1.29 is 52.9 Å². The summed E-state index contributed by atoms with van der Waals surface area (Å²) in [6, 6.07) is 15.1. The van der Waals surface area contributed by atoms with Gasteiger partial charge in [0.1, 0.15) is 11.8 Å². The Labute approximate surface area is 487 Å². The predicted octanol–water partition coefficient (Wildman–Crippen LogP) is 7.01. The SMILES string of the molecule is CC[C@H](C)[C@@H]([C@@H](CC(=O)N1CCC[C@H]1[C@H](OC)[C@@H](C)C(=O)C[C@@H](Cc1ccccc1)C(=O)Nc1ccc(CNC(=O)CCCCCN2C(=O)C=CC2=O)cc1)OC)N(C)C(=O)[C@@H](NC(=O)[C@@H]1[C@H]2CC[C@@H](C2)N1CCCCCCO)C(C)C. The molecule has 6 rings (SSSR count). The van der Waals surface area contributed by atoms with E-state index in [1.165, 1.54) is 17.1 Å². The fraction of sp³-hybridized carbons (Fsp3) is 0.656. The molecule has 7 amide bonds. The quantitative estimate of drug-likeness (QED) is 0.0404. The van der Waals surface area contributed by atoms with E-state index in [1.54, 1.807) is 43.2 Å². The average Bonchev–Trinajstić information content (AvgIpc) is 4.44. The van der Waals surface area contributed by atoms with Gasteiger partial charge in [-0.25, -0.2) is 0 Å². The zero-order valence-corrected chi connectivity index (χ0v) is 50.2. The number of hydrogen-bond donors (Lipinski definition) is 4. The lowest BCUT2D eigenvalue weighted by molar-refractivity contribution is -0.148. The molecule has 0 radical (unpaired) electrons. The zero-order valence-electron chi connectivity index (χ0n) is 50.2. The van der Waals surface area contributed by atoms with Crippen LogP contribution in [0, 0.1) is 29.6 Å². The normalized spacial score (nSPS) is 21.3. The summed E-state index contributed by atoms with van der Waals surface area (Å²) in [6.07, 6.45) is 12.5. The Kier molecular flexibility index (Phi) is 25.7. The summed E-state index contributed by atoms with van der Waals surface area (Å²) in [7, 11) is 4.88. The van der Waals surface area contributed by atoms with Crippen LogP contribution in [0.5, 0.6) is 0 Å². The highest BCUT2D eigenvalue weighted by Crippen LogP contribution is 2.43. The Morgan fingerprint density at radius 1 is 0.793 bits per heavy atom. The number of aliphatic hydroxyl groups excluding tert-OH is 1. The summed E-state index contributed by atoms with van der Waals surface area (Å²) in [5, 5.41) is 18.4. The lowest BCUT2D eigenvalue weighted by Gasteiger charge is -2.41. The molecule has 452 valence electrons. The van der Waals surface area contributed by atoms with Gasteiger partial charge in [0.05, 0.1) is 36.8 Å². The van der Waals surface area contributed by atoms with Crippen LogP contribution in [0.4, 0.5) is 5.69 Å². The number of hydrogen-bond acceptors (Lipinski definition) is 12. The standard InChI is InChI=1S/C64H95N7O11/c1-9-43(4)59(68(6)64(80)58(42(2)3)67-63(79)60-47-27-30-50(38-47)69(60)33-17-10-11-19-36-72)53(81-7)40-57(77)70-35-20-23-51(70)61(82-8)44(5)52(73)39-48(37-45-21-14-12-15-22-45)62(78)66-49-28-25-46(26-29-49)41-65-54(74)24-16-13-18-34-71-55(75)31-32-56(71)76/h12,14-15,21-22,25-26,28-29,31-32,42-44,47-48,50-51,53,58-61,72H,9-11,13,16-20,23-24,27,30,33-41H2,1-8H3,(H,65,74)(H,66,78)(H,67,79)/t43-,44-,47-,48+,50-,51-,53+,58-,59-,60-,61+/m0/s1. The maximum atomic E-state index is 14.8. The van der Waals surface area contributed by atoms with Gasteiger partial charge in [-0.1, -0.05) is 103 Å². The number of benzene rings is 2. The molecule has 18 heteroatoms. The summed E-state index contributed by atoms with van der Waals surface area (Å²) in [5.41, 5.74) is 2.28. The number of likely N-dealkylation sites (tertiary alicyclic amines) is 2. The maximum Gasteiger partial charge on any atom is 0.253 e. The van der Waals surface area contributed by atoms with Crippen molar-refractivity contribution in [2.45, 2.75) is 193 Å². The number of unbranched alkanes of at least 4 members (excludes halogenated alkanes) is 5. The fourth-order valence-electron chi connectivity index (χ4n) is 13.0. The predicted molar refractivity (Wildman–Crippen MR) is 315 cm³/mol. The van der Waals surface area contributed by atoms with Crippen molar-refractivity contribution in [3.05, 3.63) is 77.9 Å². The van der Waals surface area contributed by atoms with E-state index in [1.807, 2.05) is 70.2 Å². The Morgan fingerprint density at radius 3 is 2.13 bits per heavy atom. The van der Waals surface area contributed by atoms with Crippen LogP contribution in [-0.4, -0.2) is 162 Å². The van der Waals surface area contributed by atoms with Crippen molar-refractivity contribution in [2.24, 2.45) is 29.6 Å². The second-order valence-corrected chi connectivity index (χ2v) is 23.9. The van der Waals surface area contributed by atoms with Crippen LogP contribution in [-0.2, 0) is 60.8 Å². The van der Waals surface area contributed by atoms with Gasteiger partial charge in [0, 0.05) is 96.1 Å². The molecule has 0 spiro atoms. The molecule has 3 aliphatic heterocycles. The zero-order chi connectivity index (χ0) is 59.5. The van der Waals surface area contributed by atoms with Crippen molar-refractivity contribution in [2.75, 3.05) is 52.8 Å². The van der Waals surface area contributed by atoms with Crippen LogP contribution in [0.3, 0.4) is 0 Å². The van der Waals surface area contributed by atoms with Gasteiger partial charge < -0.3 is 40.3 Å². The molecule has 11 atom stereocenters. The number of likely N-dealkylation sites (N-methyl/N-ethyl adjacent to an activating group) is 1. The van der Waals surface area contributed by atoms with Crippen molar-refractivity contribution in [3.63, 3.8) is 0 Å². The van der Waals surface area contributed by atoms with Gasteiger partial charge in [0.25, 0.3) is 11.8 Å². The van der Waals surface area contributed by atoms with Gasteiger partial charge in [-0.15, -0.1) is 0 Å². The molecule has 3 fully saturated rings. The van der Waals surface area contributed by atoms with Crippen molar-refractivity contribution >= 4 is 52.8 Å². The molecular weight excluding hydrogens is 1040 g/mol. The maximum absolute atomic E-state index is 14.8. The topological polar surface area (TPSA) is 224 Å². The van der Waals surface area contributed by atoms with E-state index in [-0.39, 0.29) is 90.4 Å². The highest BCUT2D eigenvalue weighted by atomic mass is 16.5. The minimum absolute atomic E-state index is 0.0148. The van der Waals surface area contributed by atoms with Gasteiger partial charge in [0.15, 0.2) is 0 Å². The number of Topliss-reactive ketones (excluding diaryl/α,β-unsaturated/α-hetero) is 1. The number of amides is 7. The van der Waals surface area contributed by atoms with Crippen LogP contribution in [0.1, 0.15) is 148 Å². The van der Waals surface area contributed by atoms with Gasteiger partial charge in [-0.2, -0.15) is 0 Å². The first-order valence-electron chi connectivity index (χ1n) is 30.5. The van der Waals surface area contributed by atoms with E-state index in [0.29, 0.717) is 82.7 Å². The van der Waals surface area contributed by atoms with Crippen LogP contribution >= 0.6 is 0 Å². The van der Waals surface area contributed by atoms with E-state index in [4.69, 9.17) is 9.47 Å². The molecule has 18 nitrogen and oxygen atoms in total. The van der Waals surface area contributed by atoms with Gasteiger partial charge in [-0.05, 0) is 112 Å². The van der Waals surface area contributed by atoms with Crippen LogP contribution in [0.2, 0.25) is 0 Å². The molecule has 3 heterocycles. The number of carbonyl (C=O) groups excluding carboxylic acids is 8. The third-order valence-electron chi connectivity index (χ3n) is 17.9. The number of imide groups is 1. The van der Waals surface area contributed by atoms with E-state index in [9.17, 15) is 43.5 Å². The largest absolute Gasteiger partial charge is 0.396 e. The number of fused-ring (bicyclic) bond motifs is 2. The van der Waals surface area contributed by atoms with Gasteiger partial charge >= 0.3 is 0 Å². The molecular formula is C64H95N7O11. The lowest BCUT2D eigenvalue weighted by Crippen LogP contribution is -2.60. The monoisotopic (exact) mass is 1140 g/mol. The number of ketones is 1. The van der Waals surface area contributed by atoms with Crippen LogP contribution in [0.25, 0.3) is 0 Å². The third-order valence-corrected chi connectivity index (χ3v) is 17.9. The molecule has 0 aromatic heterocycles. The van der Waals surface area contributed by atoms with Crippen molar-refractivity contribution in [3.8, 4) is 0 Å². The molecule has 1 aliphatic carbocycles. The van der Waals surface area contributed by atoms with Crippen molar-refractivity contribution in [1.29, 1.82) is 0 Å². The van der Waals surface area contributed by atoms with Crippen LogP contribution in [0.15, 0.2) is 66.7 Å². The van der Waals surface area contributed by atoms with Gasteiger partial charge in [0.2, 0.25) is 29.5 Å². The molecule has 4 N–H and O–H groups in total. The number of carbonyl (C=O) groups is 8. The second-order valence-electron chi connectivity index (χ2n) is 23.9. The number of rotatable bonds is 35. The number of ether oxygens (including phenoxy) is 2. The van der Waals surface area contributed by atoms with E-state index >= 15 is 0 Å². The first kappa shape index (κ1) is 65.3. The van der Waals surface area contributed by atoms with E-state index in [0.717, 1.165) is 62.6 Å². The highest BCUT2D eigenvalue weighted by Gasteiger charge is 2.50. The second kappa shape index (κ2) is 32.3. The minimum atomic E-state index is -0.784. The number of piperidine rings is 1. The third kappa shape index (κ3) is 17.6. The fourth-order valence-corrected chi connectivity index (χ4v) is 13.0.